The summed E-state index contributed by atoms with van der Waals surface area (Å²) < 4.78 is 10.1. The summed E-state index contributed by atoms with van der Waals surface area (Å²) >= 11 is 0. The fourth-order valence-corrected chi connectivity index (χ4v) is 0.689. The van der Waals surface area contributed by atoms with Gasteiger partial charge in [0.1, 0.15) is 25.1 Å². The van der Waals surface area contributed by atoms with E-state index in [9.17, 15) is 5.11 Å². The van der Waals surface area contributed by atoms with Crippen LogP contribution in [0.15, 0.2) is 12.0 Å². The van der Waals surface area contributed by atoms with Crippen LogP contribution in [0.25, 0.3) is 0 Å². The van der Waals surface area contributed by atoms with Crippen molar-refractivity contribution in [3.8, 4) is 0 Å². The molecule has 1 N–H and O–H groups in total. The van der Waals surface area contributed by atoms with E-state index in [2.05, 4.69) is 0 Å². The Balaban J connectivity index is 2.62. The zero-order valence-electron chi connectivity index (χ0n) is 6.26. The monoisotopic (exact) mass is 144 g/mol. The molecule has 0 atom stereocenters. The van der Waals surface area contributed by atoms with Crippen LogP contribution in [0.4, 0.5) is 0 Å². The van der Waals surface area contributed by atoms with E-state index in [1.807, 2.05) is 0 Å². The van der Waals surface area contributed by atoms with Gasteiger partial charge in [-0.25, -0.2) is 0 Å². The standard InChI is InChI=1S/C7H12O3/c1-7(2,8)6-5-9-3-4-10-6/h5,8H,3-4H2,1-2H3. The molecule has 0 aliphatic carbocycles. The summed E-state index contributed by atoms with van der Waals surface area (Å²) in [5, 5.41) is 9.37. The van der Waals surface area contributed by atoms with E-state index in [0.29, 0.717) is 19.0 Å². The van der Waals surface area contributed by atoms with Gasteiger partial charge in [-0.3, -0.25) is 0 Å². The summed E-state index contributed by atoms with van der Waals surface area (Å²) in [7, 11) is 0. The molecule has 0 aromatic heterocycles. The van der Waals surface area contributed by atoms with Crippen LogP contribution in [0.1, 0.15) is 13.8 Å². The van der Waals surface area contributed by atoms with Crippen LogP contribution in [0.2, 0.25) is 0 Å². The van der Waals surface area contributed by atoms with Crippen molar-refractivity contribution in [2.45, 2.75) is 19.4 Å². The number of ether oxygens (including phenoxy) is 2. The first-order valence-electron chi connectivity index (χ1n) is 3.28. The summed E-state index contributed by atoms with van der Waals surface area (Å²) in [6, 6.07) is 0. The van der Waals surface area contributed by atoms with Gasteiger partial charge in [-0.2, -0.15) is 0 Å². The lowest BCUT2D eigenvalue weighted by Crippen LogP contribution is -2.27. The molecule has 0 fully saturated rings. The summed E-state index contributed by atoms with van der Waals surface area (Å²) in [6.45, 7) is 4.41. The topological polar surface area (TPSA) is 38.7 Å². The van der Waals surface area contributed by atoms with Crippen LogP contribution in [-0.4, -0.2) is 23.9 Å². The lowest BCUT2D eigenvalue weighted by Gasteiger charge is -2.24. The molecule has 3 nitrogen and oxygen atoms in total. The van der Waals surface area contributed by atoms with Crippen LogP contribution >= 0.6 is 0 Å². The molecule has 58 valence electrons. The van der Waals surface area contributed by atoms with Crippen LogP contribution in [0.3, 0.4) is 0 Å². The molecule has 0 aromatic rings. The minimum absolute atomic E-state index is 0.499. The van der Waals surface area contributed by atoms with Crippen molar-refractivity contribution in [3.05, 3.63) is 12.0 Å². The molecule has 1 heterocycles. The summed E-state index contributed by atoms with van der Waals surface area (Å²) in [6.07, 6.45) is 1.46. The van der Waals surface area contributed by atoms with Crippen LogP contribution in [0.5, 0.6) is 0 Å². The molecule has 3 heteroatoms. The minimum Gasteiger partial charge on any atom is -0.494 e. The quantitative estimate of drug-likeness (QED) is 0.587. The highest BCUT2D eigenvalue weighted by Crippen LogP contribution is 2.18. The van der Waals surface area contributed by atoms with Gasteiger partial charge in [0.15, 0.2) is 5.76 Å². The van der Waals surface area contributed by atoms with Gasteiger partial charge in [-0.05, 0) is 13.8 Å². The van der Waals surface area contributed by atoms with Crippen molar-refractivity contribution >= 4 is 0 Å². The molecule has 0 radical (unpaired) electrons. The van der Waals surface area contributed by atoms with Crippen molar-refractivity contribution in [3.63, 3.8) is 0 Å². The average Bonchev–Trinajstić information content (AvgIpc) is 1.88. The number of rotatable bonds is 1. The maximum absolute atomic E-state index is 9.37. The third kappa shape index (κ3) is 1.64. The molecular formula is C7H12O3. The zero-order valence-corrected chi connectivity index (χ0v) is 6.26. The highest BCUT2D eigenvalue weighted by molar-refractivity contribution is 5.03. The normalized spacial score (nSPS) is 18.9. The first-order chi connectivity index (χ1) is 4.61. The molecule has 1 aliphatic rings. The molecule has 0 saturated carbocycles. The van der Waals surface area contributed by atoms with E-state index < -0.39 is 5.60 Å². The second kappa shape index (κ2) is 2.50. The fraction of sp³-hybridized carbons (Fsp3) is 0.714. The fourth-order valence-electron chi connectivity index (χ4n) is 0.689. The van der Waals surface area contributed by atoms with Crippen molar-refractivity contribution < 1.29 is 14.6 Å². The van der Waals surface area contributed by atoms with Gasteiger partial charge in [0.05, 0.1) is 0 Å². The Morgan fingerprint density at radius 1 is 1.50 bits per heavy atom. The Morgan fingerprint density at radius 3 is 2.50 bits per heavy atom. The Hall–Kier alpha value is -0.700. The molecule has 0 amide bonds. The van der Waals surface area contributed by atoms with Crippen LogP contribution < -0.4 is 0 Å². The van der Waals surface area contributed by atoms with Gasteiger partial charge < -0.3 is 14.6 Å². The van der Waals surface area contributed by atoms with E-state index in [1.165, 1.54) is 6.26 Å². The Morgan fingerprint density at radius 2 is 2.20 bits per heavy atom. The third-order valence-corrected chi connectivity index (χ3v) is 1.25. The SMILES string of the molecule is CC(C)(O)C1=COCCO1. The second-order valence-electron chi connectivity index (χ2n) is 2.76. The molecule has 0 aromatic carbocycles. The summed E-state index contributed by atoms with van der Waals surface area (Å²) in [5.41, 5.74) is -0.916. The number of hydrogen-bond acceptors (Lipinski definition) is 3. The van der Waals surface area contributed by atoms with E-state index >= 15 is 0 Å². The maximum Gasteiger partial charge on any atom is 0.161 e. The maximum atomic E-state index is 9.37. The van der Waals surface area contributed by atoms with E-state index in [4.69, 9.17) is 9.47 Å². The zero-order chi connectivity index (χ0) is 7.61. The Labute approximate surface area is 60.3 Å². The Bertz CT molecular complexity index is 143. The van der Waals surface area contributed by atoms with Gasteiger partial charge in [-0.15, -0.1) is 0 Å². The highest BCUT2D eigenvalue weighted by Gasteiger charge is 2.23. The van der Waals surface area contributed by atoms with Gasteiger partial charge in [0, 0.05) is 0 Å². The molecule has 1 rings (SSSR count). The van der Waals surface area contributed by atoms with E-state index in [-0.39, 0.29) is 0 Å². The first-order valence-corrected chi connectivity index (χ1v) is 3.28. The third-order valence-electron chi connectivity index (χ3n) is 1.25. The van der Waals surface area contributed by atoms with Gasteiger partial charge in [-0.1, -0.05) is 0 Å². The van der Waals surface area contributed by atoms with E-state index in [0.717, 1.165) is 0 Å². The molecule has 1 aliphatic heterocycles. The smallest absolute Gasteiger partial charge is 0.161 e. The van der Waals surface area contributed by atoms with Gasteiger partial charge in [0.2, 0.25) is 0 Å². The van der Waals surface area contributed by atoms with Crippen molar-refractivity contribution in [2.24, 2.45) is 0 Å². The van der Waals surface area contributed by atoms with Crippen LogP contribution in [-0.2, 0) is 9.47 Å². The number of aliphatic hydroxyl groups is 1. The Kier molecular flexibility index (Phi) is 1.85. The molecule has 10 heavy (non-hydrogen) atoms. The molecule has 0 bridgehead atoms. The van der Waals surface area contributed by atoms with Crippen molar-refractivity contribution in [1.29, 1.82) is 0 Å². The van der Waals surface area contributed by atoms with Crippen molar-refractivity contribution in [2.75, 3.05) is 13.2 Å². The predicted octanol–water partition coefficient (Wildman–Crippen LogP) is 0.645. The lowest BCUT2D eigenvalue weighted by molar-refractivity contribution is -0.00319. The van der Waals surface area contributed by atoms with Crippen molar-refractivity contribution in [1.82, 2.24) is 0 Å². The molecule has 0 spiro atoms. The highest BCUT2D eigenvalue weighted by atomic mass is 16.6. The predicted molar refractivity (Wildman–Crippen MR) is 36.3 cm³/mol. The minimum atomic E-state index is -0.916. The lowest BCUT2D eigenvalue weighted by atomic mass is 10.1. The average molecular weight is 144 g/mol. The number of hydrogen-bond donors (Lipinski definition) is 1. The molecular weight excluding hydrogens is 132 g/mol. The van der Waals surface area contributed by atoms with Gasteiger partial charge >= 0.3 is 0 Å². The summed E-state index contributed by atoms with van der Waals surface area (Å²) in [4.78, 5) is 0. The van der Waals surface area contributed by atoms with Gasteiger partial charge in [0.25, 0.3) is 0 Å². The van der Waals surface area contributed by atoms with Crippen LogP contribution in [0, 0.1) is 0 Å². The summed E-state index contributed by atoms with van der Waals surface area (Å²) in [5.74, 6) is 0.499. The second-order valence-corrected chi connectivity index (χ2v) is 2.76. The molecule has 0 unspecified atom stereocenters. The van der Waals surface area contributed by atoms with E-state index in [1.54, 1.807) is 13.8 Å². The largest absolute Gasteiger partial charge is 0.494 e. The molecule has 0 saturated heterocycles. The first kappa shape index (κ1) is 7.41.